The maximum atomic E-state index is 12.2. The van der Waals surface area contributed by atoms with Gasteiger partial charge in [0.25, 0.3) is 0 Å². The lowest BCUT2D eigenvalue weighted by Crippen LogP contribution is -2.55. The minimum atomic E-state index is -0.193. The number of carbonyl (C=O) groups excluding carboxylic acids is 1. The lowest BCUT2D eigenvalue weighted by molar-refractivity contribution is -0.139. The summed E-state index contributed by atoms with van der Waals surface area (Å²) in [6, 6.07) is 2.05. The fraction of sp³-hybridized carbons (Fsp3) is 0.833. The monoisotopic (exact) mass is 252 g/mol. The van der Waals surface area contributed by atoms with Crippen molar-refractivity contribution >= 4 is 5.91 Å². The molecule has 1 N–H and O–H groups in total. The predicted molar refractivity (Wildman–Crippen MR) is 65.8 cm³/mol. The van der Waals surface area contributed by atoms with Crippen LogP contribution in [0.2, 0.25) is 0 Å². The van der Waals surface area contributed by atoms with E-state index < -0.39 is 0 Å². The Labute approximate surface area is 107 Å². The lowest BCUT2D eigenvalue weighted by atomic mass is 10.2. The van der Waals surface area contributed by atoms with Gasteiger partial charge in [-0.05, 0) is 6.92 Å². The molecule has 2 unspecified atom stereocenters. The molecule has 1 amide bonds. The lowest BCUT2D eigenvalue weighted by Gasteiger charge is -2.35. The molecule has 2 rings (SSSR count). The van der Waals surface area contributed by atoms with Crippen molar-refractivity contribution < 1.29 is 9.53 Å². The quantitative estimate of drug-likeness (QED) is 0.685. The molecule has 0 aromatic rings. The van der Waals surface area contributed by atoms with Gasteiger partial charge in [-0.25, -0.2) is 0 Å². The smallest absolute Gasteiger partial charge is 0.236 e. The molecule has 0 spiro atoms. The molecule has 0 aromatic carbocycles. The molecule has 0 saturated carbocycles. The zero-order chi connectivity index (χ0) is 13.0. The number of ether oxygens (including phenoxy) is 1. The fourth-order valence-electron chi connectivity index (χ4n) is 2.38. The number of rotatable bonds is 2. The van der Waals surface area contributed by atoms with Crippen molar-refractivity contribution in [2.75, 3.05) is 45.9 Å². The number of amides is 1. The highest BCUT2D eigenvalue weighted by Crippen LogP contribution is 2.07. The first-order chi connectivity index (χ1) is 8.70. The first-order valence-corrected chi connectivity index (χ1v) is 6.44. The molecule has 2 aliphatic rings. The summed E-state index contributed by atoms with van der Waals surface area (Å²) in [5.41, 5.74) is 0. The second-order valence-electron chi connectivity index (χ2n) is 4.84. The average Bonchev–Trinajstić information content (AvgIpc) is 2.39. The fourth-order valence-corrected chi connectivity index (χ4v) is 2.38. The number of carbonyl (C=O) groups is 1. The Balaban J connectivity index is 1.87. The van der Waals surface area contributed by atoms with Crippen LogP contribution in [0.3, 0.4) is 0 Å². The molecule has 2 saturated heterocycles. The number of nitriles is 1. The third-order valence-corrected chi connectivity index (χ3v) is 3.44. The van der Waals surface area contributed by atoms with E-state index in [1.54, 1.807) is 0 Å². The van der Waals surface area contributed by atoms with E-state index in [0.29, 0.717) is 32.8 Å². The summed E-state index contributed by atoms with van der Waals surface area (Å²) in [4.78, 5) is 16.0. The SMILES string of the molecule is CC1CN(C(=O)CN2CCNCC2C#N)CCO1. The molecule has 0 radical (unpaired) electrons. The highest BCUT2D eigenvalue weighted by atomic mass is 16.5. The molecular formula is C12H20N4O2. The molecule has 0 aromatic heterocycles. The average molecular weight is 252 g/mol. The van der Waals surface area contributed by atoms with Crippen molar-refractivity contribution in [3.05, 3.63) is 0 Å². The van der Waals surface area contributed by atoms with E-state index in [9.17, 15) is 4.79 Å². The van der Waals surface area contributed by atoms with Crippen molar-refractivity contribution in [3.8, 4) is 6.07 Å². The zero-order valence-corrected chi connectivity index (χ0v) is 10.8. The maximum Gasteiger partial charge on any atom is 0.236 e. The van der Waals surface area contributed by atoms with Crippen molar-refractivity contribution in [2.45, 2.75) is 19.1 Å². The summed E-state index contributed by atoms with van der Waals surface area (Å²) >= 11 is 0. The van der Waals surface area contributed by atoms with Gasteiger partial charge in [-0.2, -0.15) is 5.26 Å². The molecule has 2 aliphatic heterocycles. The molecule has 100 valence electrons. The minimum Gasteiger partial charge on any atom is -0.375 e. The second kappa shape index (κ2) is 6.14. The van der Waals surface area contributed by atoms with E-state index in [-0.39, 0.29) is 18.1 Å². The Kier molecular flexibility index (Phi) is 4.53. The number of nitrogens with one attached hydrogen (secondary N) is 1. The normalized spacial score (nSPS) is 29.9. The standard InChI is InChI=1S/C12H20N4O2/c1-10-8-16(4-5-18-10)12(17)9-15-3-2-14-7-11(15)6-13/h10-11,14H,2-5,7-9H2,1H3. The number of nitrogens with zero attached hydrogens (tertiary/aromatic N) is 3. The number of piperazine rings is 1. The Morgan fingerprint density at radius 2 is 2.39 bits per heavy atom. The predicted octanol–water partition coefficient (Wildman–Crippen LogP) is -0.969. The van der Waals surface area contributed by atoms with Crippen LogP contribution in [-0.2, 0) is 9.53 Å². The van der Waals surface area contributed by atoms with Gasteiger partial charge in [0, 0.05) is 32.7 Å². The van der Waals surface area contributed by atoms with Crippen LogP contribution in [-0.4, -0.2) is 73.7 Å². The van der Waals surface area contributed by atoms with Crippen molar-refractivity contribution in [1.29, 1.82) is 5.26 Å². The minimum absolute atomic E-state index is 0.104. The van der Waals surface area contributed by atoms with Crippen molar-refractivity contribution in [1.82, 2.24) is 15.1 Å². The second-order valence-corrected chi connectivity index (χ2v) is 4.84. The van der Waals surface area contributed by atoms with Crippen LogP contribution in [0, 0.1) is 11.3 Å². The van der Waals surface area contributed by atoms with E-state index in [4.69, 9.17) is 10.00 Å². The summed E-state index contributed by atoms with van der Waals surface area (Å²) in [6.07, 6.45) is 0.109. The third kappa shape index (κ3) is 3.19. The van der Waals surface area contributed by atoms with Crippen molar-refractivity contribution in [3.63, 3.8) is 0 Å². The Hall–Kier alpha value is -1.16. The maximum absolute atomic E-state index is 12.2. The Bertz CT molecular complexity index is 341. The van der Waals surface area contributed by atoms with Gasteiger partial charge in [-0.1, -0.05) is 0 Å². The Morgan fingerprint density at radius 3 is 3.11 bits per heavy atom. The molecule has 0 aliphatic carbocycles. The van der Waals surface area contributed by atoms with Crippen LogP contribution in [0.15, 0.2) is 0 Å². The topological polar surface area (TPSA) is 68.6 Å². The van der Waals surface area contributed by atoms with Crippen LogP contribution in [0.1, 0.15) is 6.92 Å². The van der Waals surface area contributed by atoms with Gasteiger partial charge in [0.1, 0.15) is 6.04 Å². The molecule has 0 bridgehead atoms. The first kappa shape index (κ1) is 13.3. The molecule has 2 atom stereocenters. The van der Waals surface area contributed by atoms with Gasteiger partial charge in [0.15, 0.2) is 0 Å². The van der Waals surface area contributed by atoms with Crippen LogP contribution in [0.25, 0.3) is 0 Å². The van der Waals surface area contributed by atoms with Gasteiger partial charge in [0.05, 0.1) is 25.3 Å². The molecular weight excluding hydrogens is 232 g/mol. The number of hydrogen-bond acceptors (Lipinski definition) is 5. The van der Waals surface area contributed by atoms with Crippen LogP contribution in [0.5, 0.6) is 0 Å². The largest absolute Gasteiger partial charge is 0.375 e. The summed E-state index contributed by atoms with van der Waals surface area (Å²) in [7, 11) is 0. The van der Waals surface area contributed by atoms with E-state index in [2.05, 4.69) is 11.4 Å². The summed E-state index contributed by atoms with van der Waals surface area (Å²) in [5.74, 6) is 0.104. The van der Waals surface area contributed by atoms with E-state index in [1.807, 2.05) is 16.7 Å². The number of morpholine rings is 1. The van der Waals surface area contributed by atoms with Gasteiger partial charge >= 0.3 is 0 Å². The third-order valence-electron chi connectivity index (χ3n) is 3.44. The van der Waals surface area contributed by atoms with Crippen LogP contribution >= 0.6 is 0 Å². The number of hydrogen-bond donors (Lipinski definition) is 1. The van der Waals surface area contributed by atoms with Gasteiger partial charge < -0.3 is 15.0 Å². The summed E-state index contributed by atoms with van der Waals surface area (Å²) in [5, 5.41) is 12.2. The molecule has 6 nitrogen and oxygen atoms in total. The highest BCUT2D eigenvalue weighted by molar-refractivity contribution is 5.78. The van der Waals surface area contributed by atoms with Gasteiger partial charge in [-0.3, -0.25) is 9.69 Å². The summed E-state index contributed by atoms with van der Waals surface area (Å²) < 4.78 is 5.42. The molecule has 2 heterocycles. The van der Waals surface area contributed by atoms with Crippen molar-refractivity contribution in [2.24, 2.45) is 0 Å². The first-order valence-electron chi connectivity index (χ1n) is 6.44. The van der Waals surface area contributed by atoms with Crippen LogP contribution in [0.4, 0.5) is 0 Å². The van der Waals surface area contributed by atoms with Gasteiger partial charge in [0.2, 0.25) is 5.91 Å². The van der Waals surface area contributed by atoms with E-state index in [1.165, 1.54) is 0 Å². The molecule has 2 fully saturated rings. The van der Waals surface area contributed by atoms with E-state index >= 15 is 0 Å². The summed E-state index contributed by atoms with van der Waals surface area (Å²) in [6.45, 7) is 6.47. The molecule has 18 heavy (non-hydrogen) atoms. The molecule has 6 heteroatoms. The highest BCUT2D eigenvalue weighted by Gasteiger charge is 2.27. The van der Waals surface area contributed by atoms with Gasteiger partial charge in [-0.15, -0.1) is 0 Å². The van der Waals surface area contributed by atoms with Crippen LogP contribution < -0.4 is 5.32 Å². The Morgan fingerprint density at radius 1 is 1.56 bits per heavy atom. The van der Waals surface area contributed by atoms with E-state index in [0.717, 1.165) is 13.1 Å². The zero-order valence-electron chi connectivity index (χ0n) is 10.8.